The maximum atomic E-state index is 13.3. The lowest BCUT2D eigenvalue weighted by molar-refractivity contribution is 0.0460. The Bertz CT molecular complexity index is 1510. The van der Waals surface area contributed by atoms with Crippen molar-refractivity contribution in [2.75, 3.05) is 24.4 Å². The first-order valence-corrected chi connectivity index (χ1v) is 15.1. The minimum atomic E-state index is -4.08. The first-order chi connectivity index (χ1) is 18.9. The molecule has 212 valence electrons. The third-order valence-electron chi connectivity index (χ3n) is 7.48. The summed E-state index contributed by atoms with van der Waals surface area (Å²) in [6.07, 6.45) is 1.32. The van der Waals surface area contributed by atoms with Gasteiger partial charge in [-0.2, -0.15) is 4.98 Å². The van der Waals surface area contributed by atoms with Gasteiger partial charge in [0.25, 0.3) is 15.9 Å². The lowest BCUT2D eigenvalue weighted by Gasteiger charge is -2.39. The standard InChI is InChI=1S/C30H37N5O4S/c1-19-8-6-9-20(2)27(19)24-17-26-33-29(32-24)34-40(37,38)22-11-7-10-21(16-22)28(36)31-23-12-14-35(18-25(23)39-26)15-13-30(3,4)5/h6-11,16-17,23,25H,12-15,18H2,1-5H3,(H,31,36)(H,32,33,34)/t23-,25-/m1/s1. The molecule has 40 heavy (non-hydrogen) atoms. The Hall–Kier alpha value is -3.50. The van der Waals surface area contributed by atoms with E-state index in [0.29, 0.717) is 18.7 Å². The maximum Gasteiger partial charge on any atom is 0.264 e. The van der Waals surface area contributed by atoms with Crippen LogP contribution in [0.4, 0.5) is 5.95 Å². The fourth-order valence-corrected chi connectivity index (χ4v) is 6.22. The zero-order chi connectivity index (χ0) is 28.7. The molecule has 0 spiro atoms. The number of carbonyl (C=O) groups excluding carboxylic acids is 1. The van der Waals surface area contributed by atoms with Crippen molar-refractivity contribution in [3.63, 3.8) is 0 Å². The monoisotopic (exact) mass is 563 g/mol. The van der Waals surface area contributed by atoms with E-state index in [1.165, 1.54) is 12.1 Å². The molecular weight excluding hydrogens is 526 g/mol. The van der Waals surface area contributed by atoms with E-state index in [9.17, 15) is 13.2 Å². The lowest BCUT2D eigenvalue weighted by atomic mass is 9.91. The van der Waals surface area contributed by atoms with Gasteiger partial charge in [-0.05, 0) is 68.0 Å². The molecule has 2 N–H and O–H groups in total. The summed E-state index contributed by atoms with van der Waals surface area (Å²) in [5.41, 5.74) is 3.91. The maximum absolute atomic E-state index is 13.3. The van der Waals surface area contributed by atoms with E-state index in [4.69, 9.17) is 4.74 Å². The summed E-state index contributed by atoms with van der Waals surface area (Å²) < 4.78 is 35.7. The molecule has 3 aromatic rings. The van der Waals surface area contributed by atoms with Crippen LogP contribution in [0.1, 0.15) is 55.1 Å². The second-order valence-electron chi connectivity index (χ2n) is 12.0. The van der Waals surface area contributed by atoms with Crippen molar-refractivity contribution in [1.82, 2.24) is 20.2 Å². The molecule has 2 aromatic carbocycles. The van der Waals surface area contributed by atoms with Gasteiger partial charge in [-0.1, -0.05) is 45.0 Å². The molecule has 0 saturated carbocycles. The van der Waals surface area contributed by atoms with E-state index < -0.39 is 16.1 Å². The fraction of sp³-hybridized carbons (Fsp3) is 0.433. The number of aryl methyl sites for hydroxylation is 2. The number of benzene rings is 2. The van der Waals surface area contributed by atoms with Gasteiger partial charge in [0.1, 0.15) is 6.10 Å². The number of piperidine rings is 1. The molecule has 1 amide bonds. The highest BCUT2D eigenvalue weighted by Gasteiger charge is 2.34. The smallest absolute Gasteiger partial charge is 0.264 e. The number of nitrogens with one attached hydrogen (secondary N) is 2. The molecule has 9 nitrogen and oxygen atoms in total. The number of hydrogen-bond acceptors (Lipinski definition) is 7. The number of carbonyl (C=O) groups is 1. The quantitative estimate of drug-likeness (QED) is 0.480. The summed E-state index contributed by atoms with van der Waals surface area (Å²) in [6, 6.07) is 13.4. The first-order valence-electron chi connectivity index (χ1n) is 13.7. The Morgan fingerprint density at radius 3 is 2.50 bits per heavy atom. The zero-order valence-corrected chi connectivity index (χ0v) is 24.5. The van der Waals surface area contributed by atoms with Gasteiger partial charge in [0.2, 0.25) is 11.8 Å². The summed E-state index contributed by atoms with van der Waals surface area (Å²) >= 11 is 0. The average Bonchev–Trinajstić information content (AvgIpc) is 2.87. The topological polar surface area (TPSA) is 114 Å². The van der Waals surface area contributed by atoms with E-state index in [1.807, 2.05) is 32.0 Å². The first kappa shape index (κ1) is 28.0. The summed E-state index contributed by atoms with van der Waals surface area (Å²) in [5.74, 6) is -0.179. The molecule has 10 heteroatoms. The second-order valence-corrected chi connectivity index (χ2v) is 13.6. The molecular formula is C30H37N5O4S. The molecule has 4 bridgehead atoms. The number of hydrogen-bond donors (Lipinski definition) is 2. The predicted octanol–water partition coefficient (Wildman–Crippen LogP) is 4.56. The fourth-order valence-electron chi connectivity index (χ4n) is 5.23. The minimum Gasteiger partial charge on any atom is -0.471 e. The number of amides is 1. The number of rotatable bonds is 3. The Balaban J connectivity index is 1.60. The van der Waals surface area contributed by atoms with Crippen molar-refractivity contribution in [1.29, 1.82) is 0 Å². The van der Waals surface area contributed by atoms with Crippen LogP contribution in [0.3, 0.4) is 0 Å². The van der Waals surface area contributed by atoms with Gasteiger partial charge in [-0.15, -0.1) is 0 Å². The van der Waals surface area contributed by atoms with Gasteiger partial charge in [-0.25, -0.2) is 18.1 Å². The van der Waals surface area contributed by atoms with Crippen LogP contribution in [-0.2, 0) is 10.0 Å². The Morgan fingerprint density at radius 2 is 1.77 bits per heavy atom. The second kappa shape index (κ2) is 10.8. The van der Waals surface area contributed by atoms with Crippen LogP contribution in [-0.4, -0.2) is 61.0 Å². The van der Waals surface area contributed by atoms with Gasteiger partial charge < -0.3 is 10.1 Å². The van der Waals surface area contributed by atoms with E-state index >= 15 is 0 Å². The Kier molecular flexibility index (Phi) is 7.58. The van der Waals surface area contributed by atoms with E-state index in [1.54, 1.807) is 18.2 Å². The van der Waals surface area contributed by atoms with Crippen molar-refractivity contribution in [3.05, 3.63) is 65.2 Å². The molecule has 1 fully saturated rings. The van der Waals surface area contributed by atoms with Crippen molar-refractivity contribution in [2.24, 2.45) is 5.41 Å². The third kappa shape index (κ3) is 6.28. The van der Waals surface area contributed by atoms with Gasteiger partial charge >= 0.3 is 0 Å². The van der Waals surface area contributed by atoms with Crippen LogP contribution in [0.5, 0.6) is 5.88 Å². The van der Waals surface area contributed by atoms with E-state index in [0.717, 1.165) is 36.2 Å². The molecule has 0 unspecified atom stereocenters. The van der Waals surface area contributed by atoms with Crippen LogP contribution in [0, 0.1) is 19.3 Å². The normalized spacial score (nSPS) is 21.0. The molecule has 2 aliphatic heterocycles. The largest absolute Gasteiger partial charge is 0.471 e. The molecule has 2 aliphatic rings. The number of aromatic nitrogens is 2. The number of fused-ring (bicyclic) bond motifs is 5. The molecule has 1 saturated heterocycles. The highest BCUT2D eigenvalue weighted by atomic mass is 32.2. The SMILES string of the molecule is Cc1cccc(C)c1-c1cc2nc(n1)NS(=O)(=O)c1cccc(c1)C(=O)N[C@@H]1CCN(CCC(C)(C)C)C[C@H]1O2. The molecule has 5 rings (SSSR count). The van der Waals surface area contributed by atoms with Crippen LogP contribution >= 0.6 is 0 Å². The van der Waals surface area contributed by atoms with Gasteiger partial charge in [0, 0.05) is 30.3 Å². The number of anilines is 1. The van der Waals surface area contributed by atoms with Crippen LogP contribution in [0.15, 0.2) is 53.4 Å². The van der Waals surface area contributed by atoms with Crippen molar-refractivity contribution in [2.45, 2.75) is 64.5 Å². The van der Waals surface area contributed by atoms with Crippen LogP contribution < -0.4 is 14.8 Å². The van der Waals surface area contributed by atoms with Crippen molar-refractivity contribution in [3.8, 4) is 17.1 Å². The zero-order valence-electron chi connectivity index (χ0n) is 23.7. The van der Waals surface area contributed by atoms with Gasteiger partial charge in [-0.3, -0.25) is 9.69 Å². The van der Waals surface area contributed by atoms with Gasteiger partial charge in [0.05, 0.1) is 16.6 Å². The van der Waals surface area contributed by atoms with Crippen LogP contribution in [0.25, 0.3) is 11.3 Å². The highest BCUT2D eigenvalue weighted by Crippen LogP contribution is 2.31. The van der Waals surface area contributed by atoms with Crippen LogP contribution in [0.2, 0.25) is 0 Å². The minimum absolute atomic E-state index is 0.0449. The summed E-state index contributed by atoms with van der Waals surface area (Å²) in [7, 11) is -4.08. The number of ether oxygens (including phenoxy) is 1. The van der Waals surface area contributed by atoms with E-state index in [-0.39, 0.29) is 39.7 Å². The summed E-state index contributed by atoms with van der Waals surface area (Å²) in [5, 5.41) is 3.11. The molecule has 0 radical (unpaired) electrons. The Morgan fingerprint density at radius 1 is 1.05 bits per heavy atom. The number of likely N-dealkylation sites (tertiary alicyclic amines) is 1. The Labute approximate surface area is 236 Å². The summed E-state index contributed by atoms with van der Waals surface area (Å²) in [6.45, 7) is 13.0. The third-order valence-corrected chi connectivity index (χ3v) is 8.81. The number of nitrogens with zero attached hydrogens (tertiary/aromatic N) is 3. The van der Waals surface area contributed by atoms with Crippen molar-refractivity contribution < 1.29 is 17.9 Å². The highest BCUT2D eigenvalue weighted by molar-refractivity contribution is 7.92. The molecule has 0 aliphatic carbocycles. The van der Waals surface area contributed by atoms with Gasteiger partial charge in [0.15, 0.2) is 0 Å². The predicted molar refractivity (Wildman–Crippen MR) is 155 cm³/mol. The molecule has 1 aromatic heterocycles. The molecule has 2 atom stereocenters. The average molecular weight is 564 g/mol. The number of sulfonamides is 1. The molecule has 3 heterocycles. The van der Waals surface area contributed by atoms with E-state index in [2.05, 4.69) is 45.7 Å². The lowest BCUT2D eigenvalue weighted by Crippen LogP contribution is -2.56. The van der Waals surface area contributed by atoms with Crippen molar-refractivity contribution >= 4 is 21.9 Å². The summed E-state index contributed by atoms with van der Waals surface area (Å²) in [4.78, 5) is 24.7.